The average Bonchev–Trinajstić information content (AvgIpc) is 2.34. The Morgan fingerprint density at radius 1 is 1.00 bits per heavy atom. The van der Waals surface area contributed by atoms with Crippen molar-refractivity contribution in [1.29, 1.82) is 0 Å². The van der Waals surface area contributed by atoms with Crippen molar-refractivity contribution in [2.75, 3.05) is 0 Å². The summed E-state index contributed by atoms with van der Waals surface area (Å²) in [6.07, 6.45) is 13.4. The first-order valence-electron chi connectivity index (χ1n) is 7.12. The summed E-state index contributed by atoms with van der Waals surface area (Å²) >= 11 is 0. The highest BCUT2D eigenvalue weighted by Crippen LogP contribution is 2.33. The highest BCUT2D eigenvalue weighted by Gasteiger charge is 2.17. The van der Waals surface area contributed by atoms with E-state index in [1.165, 1.54) is 75.4 Å². The van der Waals surface area contributed by atoms with Crippen LogP contribution in [0.1, 0.15) is 71.1 Å². The molecule has 0 bridgehead atoms. The van der Waals surface area contributed by atoms with E-state index in [0.29, 0.717) is 0 Å². The van der Waals surface area contributed by atoms with Gasteiger partial charge in [-0.2, -0.15) is 0 Å². The molecule has 1 aliphatic carbocycles. The molecule has 0 radical (unpaired) electrons. The third-order valence-corrected chi connectivity index (χ3v) is 3.88. The number of hydrogen-bond acceptors (Lipinski definition) is 0. The van der Waals surface area contributed by atoms with Crippen LogP contribution in [0.3, 0.4) is 0 Å². The molecule has 0 atom stereocenters. The van der Waals surface area contributed by atoms with Crippen LogP contribution in [0.2, 0.25) is 0 Å². The minimum atomic E-state index is 0.757. The molecule has 0 saturated heterocycles. The molecule has 1 aliphatic rings. The summed E-state index contributed by atoms with van der Waals surface area (Å²) in [4.78, 5) is 0. The van der Waals surface area contributed by atoms with Gasteiger partial charge in [-0.15, -0.1) is 0 Å². The number of unbranched alkanes of at least 4 members (excludes halogenated alkanes) is 3. The van der Waals surface area contributed by atoms with Gasteiger partial charge in [0, 0.05) is 0 Å². The fraction of sp³-hybridized carbons (Fsp3) is 0.750. The van der Waals surface area contributed by atoms with E-state index in [1.54, 1.807) is 0 Å². The summed E-state index contributed by atoms with van der Waals surface area (Å²) in [5.41, 5.74) is 2.71. The lowest BCUT2D eigenvalue weighted by atomic mass is 9.81. The lowest BCUT2D eigenvalue weighted by Gasteiger charge is -2.25. The fourth-order valence-electron chi connectivity index (χ4n) is 2.67. The van der Waals surface area contributed by atoms with Crippen molar-refractivity contribution in [3.8, 4) is 0 Å². The van der Waals surface area contributed by atoms with E-state index < -0.39 is 0 Å². The van der Waals surface area contributed by atoms with Crippen LogP contribution >= 0.6 is 0 Å². The standard InChI is InChI=1S/C16H28/c1-4-5-6-8-11-14(2)15(3)16-12-9-7-10-13-16/h16H,2-13H2,1H3. The Morgan fingerprint density at radius 3 is 2.31 bits per heavy atom. The van der Waals surface area contributed by atoms with Gasteiger partial charge >= 0.3 is 0 Å². The van der Waals surface area contributed by atoms with Crippen LogP contribution in [0.5, 0.6) is 0 Å². The number of rotatable bonds is 7. The summed E-state index contributed by atoms with van der Waals surface area (Å²) in [6.45, 7) is 10.8. The van der Waals surface area contributed by atoms with Crippen molar-refractivity contribution in [2.45, 2.75) is 71.1 Å². The topological polar surface area (TPSA) is 0 Å². The molecule has 0 heterocycles. The minimum absolute atomic E-state index is 0.757. The molecule has 0 amide bonds. The quantitative estimate of drug-likeness (QED) is 0.384. The van der Waals surface area contributed by atoms with Crippen molar-refractivity contribution >= 4 is 0 Å². The molecule has 0 aromatic rings. The zero-order chi connectivity index (χ0) is 11.8. The van der Waals surface area contributed by atoms with E-state index >= 15 is 0 Å². The van der Waals surface area contributed by atoms with Crippen molar-refractivity contribution in [2.24, 2.45) is 5.92 Å². The third-order valence-electron chi connectivity index (χ3n) is 3.88. The van der Waals surface area contributed by atoms with Crippen LogP contribution in [0.4, 0.5) is 0 Å². The highest BCUT2D eigenvalue weighted by atomic mass is 14.2. The molecule has 0 nitrogen and oxygen atoms in total. The van der Waals surface area contributed by atoms with Crippen molar-refractivity contribution in [3.05, 3.63) is 24.3 Å². The van der Waals surface area contributed by atoms with E-state index in [4.69, 9.17) is 0 Å². The number of allylic oxidation sites excluding steroid dienone is 2. The van der Waals surface area contributed by atoms with Gasteiger partial charge in [0.05, 0.1) is 0 Å². The Balaban J connectivity index is 2.21. The molecule has 0 heteroatoms. The summed E-state index contributed by atoms with van der Waals surface area (Å²) in [7, 11) is 0. The van der Waals surface area contributed by atoms with Gasteiger partial charge in [0.15, 0.2) is 0 Å². The zero-order valence-corrected chi connectivity index (χ0v) is 11.1. The van der Waals surface area contributed by atoms with E-state index in [-0.39, 0.29) is 0 Å². The average molecular weight is 220 g/mol. The Morgan fingerprint density at radius 2 is 1.69 bits per heavy atom. The molecule has 0 N–H and O–H groups in total. The second-order valence-electron chi connectivity index (χ2n) is 5.27. The molecule has 0 aromatic carbocycles. The maximum Gasteiger partial charge on any atom is -0.0165 e. The molecule has 0 unspecified atom stereocenters. The Kier molecular flexibility index (Phi) is 6.52. The Hall–Kier alpha value is -0.520. The summed E-state index contributed by atoms with van der Waals surface area (Å²) in [5.74, 6) is 0.757. The van der Waals surface area contributed by atoms with Crippen LogP contribution < -0.4 is 0 Å². The monoisotopic (exact) mass is 220 g/mol. The van der Waals surface area contributed by atoms with Crippen LogP contribution in [0.15, 0.2) is 24.3 Å². The summed E-state index contributed by atoms with van der Waals surface area (Å²) in [6, 6.07) is 0. The second-order valence-corrected chi connectivity index (χ2v) is 5.27. The van der Waals surface area contributed by atoms with Crippen molar-refractivity contribution in [1.82, 2.24) is 0 Å². The molecule has 0 spiro atoms. The smallest absolute Gasteiger partial charge is 0.0165 e. The lowest BCUT2D eigenvalue weighted by molar-refractivity contribution is 0.405. The predicted molar refractivity (Wildman–Crippen MR) is 73.6 cm³/mol. The first-order chi connectivity index (χ1) is 7.75. The molecule has 0 aromatic heterocycles. The third kappa shape index (κ3) is 4.55. The summed E-state index contributed by atoms with van der Waals surface area (Å²) in [5, 5.41) is 0. The molecule has 1 rings (SSSR count). The molecular formula is C16H28. The van der Waals surface area contributed by atoms with Crippen molar-refractivity contribution < 1.29 is 0 Å². The van der Waals surface area contributed by atoms with Gasteiger partial charge < -0.3 is 0 Å². The van der Waals surface area contributed by atoms with Crippen LogP contribution in [0.25, 0.3) is 0 Å². The molecule has 0 aliphatic heterocycles. The Bertz CT molecular complexity index is 218. The first kappa shape index (κ1) is 13.5. The SMILES string of the molecule is C=C(CCCCCC)C(=C)C1CCCCC1. The van der Waals surface area contributed by atoms with Gasteiger partial charge in [-0.1, -0.05) is 64.2 Å². The summed E-state index contributed by atoms with van der Waals surface area (Å²) < 4.78 is 0. The van der Waals surface area contributed by atoms with Crippen molar-refractivity contribution in [3.63, 3.8) is 0 Å². The maximum absolute atomic E-state index is 4.28. The van der Waals surface area contributed by atoms with Gasteiger partial charge in [0.1, 0.15) is 0 Å². The van der Waals surface area contributed by atoms with E-state index in [9.17, 15) is 0 Å². The van der Waals surface area contributed by atoms with E-state index in [2.05, 4.69) is 20.1 Å². The molecular weight excluding hydrogens is 192 g/mol. The Labute approximate surface area is 102 Å². The minimum Gasteiger partial charge on any atom is -0.0956 e. The fourth-order valence-corrected chi connectivity index (χ4v) is 2.67. The molecule has 1 fully saturated rings. The van der Waals surface area contributed by atoms with Crippen LogP contribution in [-0.4, -0.2) is 0 Å². The zero-order valence-electron chi connectivity index (χ0n) is 11.1. The lowest BCUT2D eigenvalue weighted by Crippen LogP contribution is -2.09. The number of hydrogen-bond donors (Lipinski definition) is 0. The first-order valence-corrected chi connectivity index (χ1v) is 7.12. The maximum atomic E-state index is 4.28. The second kappa shape index (κ2) is 7.70. The van der Waals surface area contributed by atoms with Crippen LogP contribution in [-0.2, 0) is 0 Å². The van der Waals surface area contributed by atoms with Crippen LogP contribution in [0, 0.1) is 5.92 Å². The van der Waals surface area contributed by atoms with E-state index in [1.807, 2.05) is 0 Å². The molecule has 1 saturated carbocycles. The van der Waals surface area contributed by atoms with Gasteiger partial charge in [-0.25, -0.2) is 0 Å². The molecule has 92 valence electrons. The van der Waals surface area contributed by atoms with Gasteiger partial charge in [-0.05, 0) is 37.2 Å². The highest BCUT2D eigenvalue weighted by molar-refractivity contribution is 5.27. The largest absolute Gasteiger partial charge is 0.0956 e. The van der Waals surface area contributed by atoms with E-state index in [0.717, 1.165) is 5.92 Å². The normalized spacial score (nSPS) is 17.3. The van der Waals surface area contributed by atoms with Gasteiger partial charge in [-0.3, -0.25) is 0 Å². The predicted octanol–water partition coefficient (Wildman–Crippen LogP) is 5.65. The van der Waals surface area contributed by atoms with Gasteiger partial charge in [0.2, 0.25) is 0 Å². The molecule has 16 heavy (non-hydrogen) atoms. The van der Waals surface area contributed by atoms with Gasteiger partial charge in [0.25, 0.3) is 0 Å².